The molecule has 4 heteroatoms. The molecule has 0 fully saturated rings. The quantitative estimate of drug-likeness (QED) is 0.611. The van der Waals surface area contributed by atoms with Gasteiger partial charge in [0.15, 0.2) is 0 Å². The van der Waals surface area contributed by atoms with E-state index >= 15 is 0 Å². The largest absolute Gasteiger partial charge is 0.366 e. The van der Waals surface area contributed by atoms with E-state index in [2.05, 4.69) is 72.8 Å². The summed E-state index contributed by atoms with van der Waals surface area (Å²) in [7, 11) is 0. The standard InChI is InChI=1S/C22H26N4/c1-4-17(3)24-22-25-20(19-8-6-5-7-9-19)14-21(26-22)23-15-18-12-10-16(2)11-13-18/h5-14,17H,4,15H2,1-3H3,(H2,23,24,25,26)/t17-/m0/s1. The summed E-state index contributed by atoms with van der Waals surface area (Å²) >= 11 is 0. The highest BCUT2D eigenvalue weighted by molar-refractivity contribution is 5.64. The van der Waals surface area contributed by atoms with Gasteiger partial charge in [-0.2, -0.15) is 4.98 Å². The third-order valence-corrected chi connectivity index (χ3v) is 4.38. The Kier molecular flexibility index (Phi) is 5.84. The summed E-state index contributed by atoms with van der Waals surface area (Å²) in [5.41, 5.74) is 4.49. The van der Waals surface area contributed by atoms with Crippen molar-refractivity contribution in [3.63, 3.8) is 0 Å². The fourth-order valence-corrected chi connectivity index (χ4v) is 2.58. The number of hydrogen-bond acceptors (Lipinski definition) is 4. The van der Waals surface area contributed by atoms with Crippen LogP contribution >= 0.6 is 0 Å². The average molecular weight is 346 g/mol. The van der Waals surface area contributed by atoms with E-state index in [0.717, 1.165) is 30.0 Å². The molecule has 134 valence electrons. The minimum atomic E-state index is 0.325. The van der Waals surface area contributed by atoms with Gasteiger partial charge in [0.2, 0.25) is 5.95 Å². The van der Waals surface area contributed by atoms with E-state index in [4.69, 9.17) is 4.98 Å². The maximum atomic E-state index is 4.70. The molecule has 1 atom stereocenters. The van der Waals surface area contributed by atoms with Crippen molar-refractivity contribution < 1.29 is 0 Å². The van der Waals surface area contributed by atoms with Crippen LogP contribution in [0.25, 0.3) is 11.3 Å². The first kappa shape index (κ1) is 17.9. The maximum absolute atomic E-state index is 4.70. The second-order valence-corrected chi connectivity index (χ2v) is 6.62. The molecule has 3 aromatic rings. The van der Waals surface area contributed by atoms with Gasteiger partial charge >= 0.3 is 0 Å². The van der Waals surface area contributed by atoms with Gasteiger partial charge in [0.1, 0.15) is 5.82 Å². The average Bonchev–Trinajstić information content (AvgIpc) is 2.68. The predicted octanol–water partition coefficient (Wildman–Crippen LogP) is 5.27. The van der Waals surface area contributed by atoms with Crippen molar-refractivity contribution in [3.8, 4) is 11.3 Å². The lowest BCUT2D eigenvalue weighted by atomic mass is 10.1. The Morgan fingerprint density at radius 2 is 1.69 bits per heavy atom. The first-order valence-corrected chi connectivity index (χ1v) is 9.14. The Bertz CT molecular complexity index is 829. The fourth-order valence-electron chi connectivity index (χ4n) is 2.58. The highest BCUT2D eigenvalue weighted by Gasteiger charge is 2.08. The van der Waals surface area contributed by atoms with Gasteiger partial charge in [0.05, 0.1) is 5.69 Å². The van der Waals surface area contributed by atoms with Crippen molar-refractivity contribution in [2.24, 2.45) is 0 Å². The normalized spacial score (nSPS) is 11.8. The fraction of sp³-hybridized carbons (Fsp3) is 0.273. The zero-order valence-corrected chi connectivity index (χ0v) is 15.7. The van der Waals surface area contributed by atoms with E-state index in [1.54, 1.807) is 0 Å². The topological polar surface area (TPSA) is 49.8 Å². The number of benzene rings is 2. The van der Waals surface area contributed by atoms with Gasteiger partial charge in [0, 0.05) is 24.2 Å². The number of aromatic nitrogens is 2. The minimum Gasteiger partial charge on any atom is -0.366 e. The lowest BCUT2D eigenvalue weighted by Crippen LogP contribution is -2.16. The van der Waals surface area contributed by atoms with Crippen molar-refractivity contribution >= 4 is 11.8 Å². The molecule has 0 amide bonds. The molecule has 4 nitrogen and oxygen atoms in total. The summed E-state index contributed by atoms with van der Waals surface area (Å²) < 4.78 is 0. The van der Waals surface area contributed by atoms with Gasteiger partial charge in [-0.1, -0.05) is 67.1 Å². The van der Waals surface area contributed by atoms with Crippen molar-refractivity contribution in [2.45, 2.75) is 39.8 Å². The van der Waals surface area contributed by atoms with Crippen LogP contribution in [0, 0.1) is 6.92 Å². The predicted molar refractivity (Wildman–Crippen MR) is 109 cm³/mol. The molecule has 0 aliphatic rings. The molecule has 2 N–H and O–H groups in total. The van der Waals surface area contributed by atoms with Crippen LogP contribution in [0.1, 0.15) is 31.4 Å². The monoisotopic (exact) mass is 346 g/mol. The van der Waals surface area contributed by atoms with E-state index in [9.17, 15) is 0 Å². The van der Waals surface area contributed by atoms with Gasteiger partial charge in [-0.15, -0.1) is 0 Å². The number of hydrogen-bond donors (Lipinski definition) is 2. The number of nitrogens with zero attached hydrogens (tertiary/aromatic N) is 2. The van der Waals surface area contributed by atoms with Crippen molar-refractivity contribution in [2.75, 3.05) is 10.6 Å². The number of nitrogens with one attached hydrogen (secondary N) is 2. The molecule has 3 rings (SSSR count). The Labute approximate surface area is 155 Å². The first-order chi connectivity index (χ1) is 12.6. The van der Waals surface area contributed by atoms with Gasteiger partial charge in [0.25, 0.3) is 0 Å². The zero-order valence-electron chi connectivity index (χ0n) is 15.7. The lowest BCUT2D eigenvalue weighted by Gasteiger charge is -2.14. The Morgan fingerprint density at radius 1 is 0.962 bits per heavy atom. The molecule has 2 aromatic carbocycles. The Morgan fingerprint density at radius 3 is 2.38 bits per heavy atom. The second kappa shape index (κ2) is 8.48. The molecule has 1 heterocycles. The number of aryl methyl sites for hydroxylation is 1. The molecule has 0 saturated heterocycles. The molecule has 0 saturated carbocycles. The maximum Gasteiger partial charge on any atom is 0.225 e. The SMILES string of the molecule is CC[C@H](C)Nc1nc(NCc2ccc(C)cc2)cc(-c2ccccc2)n1. The molecule has 0 unspecified atom stereocenters. The summed E-state index contributed by atoms with van der Waals surface area (Å²) in [6.07, 6.45) is 1.02. The molecule has 0 aliphatic heterocycles. The number of anilines is 2. The Balaban J connectivity index is 1.85. The molecular formula is C22H26N4. The van der Waals surface area contributed by atoms with Crippen LogP contribution in [-0.4, -0.2) is 16.0 Å². The van der Waals surface area contributed by atoms with E-state index in [1.807, 2.05) is 24.3 Å². The van der Waals surface area contributed by atoms with E-state index in [-0.39, 0.29) is 0 Å². The summed E-state index contributed by atoms with van der Waals surface area (Å²) in [5.74, 6) is 1.48. The molecule has 26 heavy (non-hydrogen) atoms. The molecule has 1 aromatic heterocycles. The van der Waals surface area contributed by atoms with E-state index in [1.165, 1.54) is 11.1 Å². The molecule has 0 bridgehead atoms. The third-order valence-electron chi connectivity index (χ3n) is 4.38. The summed E-state index contributed by atoms with van der Waals surface area (Å²) in [4.78, 5) is 9.34. The van der Waals surface area contributed by atoms with Gasteiger partial charge in [-0.25, -0.2) is 4.98 Å². The number of rotatable bonds is 7. The first-order valence-electron chi connectivity index (χ1n) is 9.14. The van der Waals surface area contributed by atoms with Crippen molar-refractivity contribution in [1.29, 1.82) is 0 Å². The van der Waals surface area contributed by atoms with Crippen molar-refractivity contribution in [3.05, 3.63) is 71.8 Å². The van der Waals surface area contributed by atoms with Gasteiger partial charge in [-0.05, 0) is 25.8 Å². The molecule has 0 radical (unpaired) electrons. The molecule has 0 aliphatic carbocycles. The van der Waals surface area contributed by atoms with Crippen LogP contribution in [-0.2, 0) is 6.54 Å². The zero-order chi connectivity index (χ0) is 18.4. The van der Waals surface area contributed by atoms with Gasteiger partial charge in [-0.3, -0.25) is 0 Å². The summed E-state index contributed by atoms with van der Waals surface area (Å²) in [6.45, 7) is 7.11. The highest BCUT2D eigenvalue weighted by Crippen LogP contribution is 2.22. The lowest BCUT2D eigenvalue weighted by molar-refractivity contribution is 0.753. The smallest absolute Gasteiger partial charge is 0.225 e. The van der Waals surface area contributed by atoms with Crippen LogP contribution in [0.15, 0.2) is 60.7 Å². The van der Waals surface area contributed by atoms with Crippen LogP contribution in [0.2, 0.25) is 0 Å². The van der Waals surface area contributed by atoms with Crippen LogP contribution in [0.4, 0.5) is 11.8 Å². The van der Waals surface area contributed by atoms with Crippen molar-refractivity contribution in [1.82, 2.24) is 9.97 Å². The van der Waals surface area contributed by atoms with Crippen LogP contribution in [0.3, 0.4) is 0 Å². The van der Waals surface area contributed by atoms with Crippen LogP contribution in [0.5, 0.6) is 0 Å². The summed E-state index contributed by atoms with van der Waals surface area (Å²) in [5, 5.41) is 6.82. The van der Waals surface area contributed by atoms with E-state index < -0.39 is 0 Å². The summed E-state index contributed by atoms with van der Waals surface area (Å²) in [6, 6.07) is 21.1. The molecular weight excluding hydrogens is 320 g/mol. The molecule has 0 spiro atoms. The Hall–Kier alpha value is -2.88. The highest BCUT2D eigenvalue weighted by atomic mass is 15.2. The third kappa shape index (κ3) is 4.82. The van der Waals surface area contributed by atoms with Crippen LogP contribution < -0.4 is 10.6 Å². The minimum absolute atomic E-state index is 0.325. The van der Waals surface area contributed by atoms with Gasteiger partial charge < -0.3 is 10.6 Å². The van der Waals surface area contributed by atoms with E-state index in [0.29, 0.717) is 12.0 Å². The second-order valence-electron chi connectivity index (χ2n) is 6.62.